The molecule has 1 aromatic rings. The number of benzene rings is 1. The molecule has 0 fully saturated rings. The van der Waals surface area contributed by atoms with Gasteiger partial charge >= 0.3 is 0 Å². The van der Waals surface area contributed by atoms with E-state index in [1.165, 1.54) is 12.1 Å². The molecule has 0 heterocycles. The number of hydrogen-bond acceptors (Lipinski definition) is 4. The van der Waals surface area contributed by atoms with Crippen LogP contribution in [-0.2, 0) is 16.4 Å². The molecule has 0 aromatic heterocycles. The summed E-state index contributed by atoms with van der Waals surface area (Å²) in [4.78, 5) is 0.135. The van der Waals surface area contributed by atoms with Crippen molar-refractivity contribution in [1.82, 2.24) is 4.72 Å². The number of nitrogens with zero attached hydrogens (tertiary/aromatic N) is 1. The topological polar surface area (TPSA) is 90.2 Å². The molecule has 0 radical (unpaired) electrons. The highest BCUT2D eigenvalue weighted by Gasteiger charge is 2.16. The van der Waals surface area contributed by atoms with Gasteiger partial charge in [-0.15, -0.1) is 0 Å². The Hall–Kier alpha value is -1.42. The first-order valence-corrected chi connectivity index (χ1v) is 7.97. The molecule has 5 nitrogen and oxygen atoms in total. The number of sulfonamides is 1. The maximum atomic E-state index is 12.0. The number of aliphatic hydroxyl groups is 1. The number of nitriles is 1. The second kappa shape index (κ2) is 7.39. The Morgan fingerprint density at radius 3 is 2.40 bits per heavy atom. The van der Waals surface area contributed by atoms with E-state index in [2.05, 4.69) is 4.72 Å². The lowest BCUT2D eigenvalue weighted by Gasteiger charge is -2.14. The van der Waals surface area contributed by atoms with Crippen LogP contribution in [0.3, 0.4) is 0 Å². The summed E-state index contributed by atoms with van der Waals surface area (Å²) in [7, 11) is -3.62. The summed E-state index contributed by atoms with van der Waals surface area (Å²) in [6, 6.07) is 8.15. The monoisotopic (exact) mass is 296 g/mol. The minimum absolute atomic E-state index is 0.000457. The first-order chi connectivity index (χ1) is 9.35. The molecule has 1 unspecified atom stereocenters. The van der Waals surface area contributed by atoms with Crippen molar-refractivity contribution in [2.45, 2.75) is 37.7 Å². The molecular formula is C14H20N2O3S. The molecule has 1 atom stereocenters. The van der Waals surface area contributed by atoms with Crippen LogP contribution in [0.5, 0.6) is 0 Å². The van der Waals surface area contributed by atoms with Gasteiger partial charge in [0.1, 0.15) is 0 Å². The number of rotatable bonds is 7. The Morgan fingerprint density at radius 2 is 1.90 bits per heavy atom. The van der Waals surface area contributed by atoms with Crippen molar-refractivity contribution in [3.63, 3.8) is 0 Å². The molecule has 20 heavy (non-hydrogen) atoms. The van der Waals surface area contributed by atoms with E-state index in [0.717, 1.165) is 5.56 Å². The van der Waals surface area contributed by atoms with Gasteiger partial charge in [0, 0.05) is 6.54 Å². The smallest absolute Gasteiger partial charge is 0.240 e. The molecule has 1 aromatic carbocycles. The molecule has 0 saturated carbocycles. The zero-order valence-electron chi connectivity index (χ0n) is 11.7. The van der Waals surface area contributed by atoms with Crippen molar-refractivity contribution in [3.8, 4) is 6.07 Å². The van der Waals surface area contributed by atoms with Crippen LogP contribution < -0.4 is 4.72 Å². The summed E-state index contributed by atoms with van der Waals surface area (Å²) in [6.45, 7) is 3.93. The normalized spacial score (nSPS) is 13.2. The molecule has 110 valence electrons. The summed E-state index contributed by atoms with van der Waals surface area (Å²) in [6.07, 6.45) is 0.104. The van der Waals surface area contributed by atoms with Gasteiger partial charge in [-0.25, -0.2) is 13.1 Å². The summed E-state index contributed by atoms with van der Waals surface area (Å²) >= 11 is 0. The van der Waals surface area contributed by atoms with Crippen molar-refractivity contribution in [1.29, 1.82) is 5.26 Å². The van der Waals surface area contributed by atoms with E-state index in [9.17, 15) is 13.5 Å². The second-order valence-corrected chi connectivity index (χ2v) is 6.88. The molecule has 6 heteroatoms. The zero-order valence-corrected chi connectivity index (χ0v) is 12.5. The maximum Gasteiger partial charge on any atom is 0.240 e. The zero-order chi connectivity index (χ0) is 15.2. The van der Waals surface area contributed by atoms with Gasteiger partial charge in [0.05, 0.1) is 23.5 Å². The van der Waals surface area contributed by atoms with Crippen molar-refractivity contribution in [3.05, 3.63) is 29.8 Å². The Balaban J connectivity index is 2.67. The standard InChI is InChI=1S/C14H20N2O3S/c1-11(2)9-13(17)10-16-20(18,19)14-5-3-12(4-6-14)7-8-15/h3-6,11,13,16-17H,7,9-10H2,1-2H3. The van der Waals surface area contributed by atoms with Crippen molar-refractivity contribution >= 4 is 10.0 Å². The lowest BCUT2D eigenvalue weighted by Crippen LogP contribution is -2.32. The number of hydrogen-bond donors (Lipinski definition) is 2. The highest BCUT2D eigenvalue weighted by atomic mass is 32.2. The summed E-state index contributed by atoms with van der Waals surface area (Å²) in [5.41, 5.74) is 0.770. The first kappa shape index (κ1) is 16.6. The van der Waals surface area contributed by atoms with Gasteiger partial charge < -0.3 is 5.11 Å². The van der Waals surface area contributed by atoms with Gasteiger partial charge in [0.15, 0.2) is 0 Å². The molecule has 0 aliphatic heterocycles. The highest BCUT2D eigenvalue weighted by molar-refractivity contribution is 7.89. The summed E-state index contributed by atoms with van der Waals surface area (Å²) in [5.74, 6) is 0.305. The van der Waals surface area contributed by atoms with Crippen LogP contribution in [0.1, 0.15) is 25.8 Å². The SMILES string of the molecule is CC(C)CC(O)CNS(=O)(=O)c1ccc(CC#N)cc1. The average Bonchev–Trinajstić information content (AvgIpc) is 2.37. The Labute approximate surface area is 120 Å². The summed E-state index contributed by atoms with van der Waals surface area (Å²) < 4.78 is 26.4. The Bertz CT molecular complexity index is 559. The quantitative estimate of drug-likeness (QED) is 0.796. The van der Waals surface area contributed by atoms with Crippen LogP contribution in [-0.4, -0.2) is 26.2 Å². The first-order valence-electron chi connectivity index (χ1n) is 6.48. The van der Waals surface area contributed by atoms with E-state index < -0.39 is 16.1 Å². The van der Waals surface area contributed by atoms with E-state index in [4.69, 9.17) is 5.26 Å². The van der Waals surface area contributed by atoms with Crippen LogP contribution in [0.25, 0.3) is 0 Å². The predicted octanol–water partition coefficient (Wildman–Crippen LogP) is 1.44. The second-order valence-electron chi connectivity index (χ2n) is 5.11. The molecule has 0 saturated heterocycles. The number of aliphatic hydroxyl groups excluding tert-OH is 1. The fraction of sp³-hybridized carbons (Fsp3) is 0.500. The minimum Gasteiger partial charge on any atom is -0.392 e. The highest BCUT2D eigenvalue weighted by Crippen LogP contribution is 2.11. The largest absolute Gasteiger partial charge is 0.392 e. The molecule has 0 aliphatic carbocycles. The number of nitrogens with one attached hydrogen (secondary N) is 1. The van der Waals surface area contributed by atoms with Crippen LogP contribution in [0, 0.1) is 17.2 Å². The van der Waals surface area contributed by atoms with E-state index in [1.807, 2.05) is 19.9 Å². The van der Waals surface area contributed by atoms with E-state index in [1.54, 1.807) is 12.1 Å². The lowest BCUT2D eigenvalue weighted by atomic mass is 10.1. The minimum atomic E-state index is -3.62. The Kier molecular flexibility index (Phi) is 6.14. The molecule has 2 N–H and O–H groups in total. The van der Waals surface area contributed by atoms with Gasteiger partial charge in [-0.1, -0.05) is 26.0 Å². The molecule has 0 amide bonds. The van der Waals surface area contributed by atoms with E-state index in [-0.39, 0.29) is 17.9 Å². The molecular weight excluding hydrogens is 276 g/mol. The molecule has 1 rings (SSSR count). The third kappa shape index (κ3) is 5.29. The fourth-order valence-corrected chi connectivity index (χ4v) is 2.87. The van der Waals surface area contributed by atoms with Gasteiger partial charge in [-0.2, -0.15) is 5.26 Å². The van der Waals surface area contributed by atoms with Gasteiger partial charge in [-0.05, 0) is 30.0 Å². The fourth-order valence-electron chi connectivity index (χ4n) is 1.79. The maximum absolute atomic E-state index is 12.0. The third-order valence-electron chi connectivity index (χ3n) is 2.77. The summed E-state index contributed by atoms with van der Waals surface area (Å²) in [5, 5.41) is 18.2. The van der Waals surface area contributed by atoms with Crippen LogP contribution >= 0.6 is 0 Å². The van der Waals surface area contributed by atoms with Gasteiger partial charge in [0.2, 0.25) is 10.0 Å². The van der Waals surface area contributed by atoms with Crippen molar-refractivity contribution < 1.29 is 13.5 Å². The van der Waals surface area contributed by atoms with Crippen LogP contribution in [0.2, 0.25) is 0 Å². The molecule has 0 aliphatic rings. The van der Waals surface area contributed by atoms with Crippen molar-refractivity contribution in [2.24, 2.45) is 5.92 Å². The van der Waals surface area contributed by atoms with Crippen LogP contribution in [0.4, 0.5) is 0 Å². The van der Waals surface area contributed by atoms with Gasteiger partial charge in [0.25, 0.3) is 0 Å². The van der Waals surface area contributed by atoms with Gasteiger partial charge in [-0.3, -0.25) is 0 Å². The van der Waals surface area contributed by atoms with Crippen LogP contribution in [0.15, 0.2) is 29.2 Å². The molecule has 0 bridgehead atoms. The molecule has 0 spiro atoms. The predicted molar refractivity (Wildman–Crippen MR) is 76.4 cm³/mol. The average molecular weight is 296 g/mol. The van der Waals surface area contributed by atoms with E-state index in [0.29, 0.717) is 12.3 Å². The third-order valence-corrected chi connectivity index (χ3v) is 4.21. The lowest BCUT2D eigenvalue weighted by molar-refractivity contribution is 0.152. The van der Waals surface area contributed by atoms with E-state index >= 15 is 0 Å². The Morgan fingerprint density at radius 1 is 1.30 bits per heavy atom. The van der Waals surface area contributed by atoms with Crippen molar-refractivity contribution in [2.75, 3.05) is 6.54 Å².